The number of hydrogen-bond donors (Lipinski definition) is 1. The molecule has 102 valence electrons. The zero-order chi connectivity index (χ0) is 13.5. The van der Waals surface area contributed by atoms with Crippen molar-refractivity contribution in [2.24, 2.45) is 7.05 Å². The summed E-state index contributed by atoms with van der Waals surface area (Å²) in [5.74, 6) is 0. The van der Waals surface area contributed by atoms with Crippen LogP contribution in [0.15, 0.2) is 42.6 Å². The molecule has 2 aromatic heterocycles. The number of nitrogens with zero attached hydrogens (tertiary/aromatic N) is 2. The Morgan fingerprint density at radius 2 is 2.05 bits per heavy atom. The molecule has 0 aliphatic carbocycles. The lowest BCUT2D eigenvalue weighted by atomic mass is 10.0. The third-order valence-corrected chi connectivity index (χ3v) is 4.40. The zero-order valence-corrected chi connectivity index (χ0v) is 11.8. The minimum absolute atomic E-state index is 1.02. The van der Waals surface area contributed by atoms with Crippen molar-refractivity contribution in [2.45, 2.75) is 19.5 Å². The van der Waals surface area contributed by atoms with E-state index >= 15 is 0 Å². The fourth-order valence-electron chi connectivity index (χ4n) is 3.27. The van der Waals surface area contributed by atoms with E-state index in [-0.39, 0.29) is 0 Å². The van der Waals surface area contributed by atoms with Crippen LogP contribution in [0.3, 0.4) is 0 Å². The summed E-state index contributed by atoms with van der Waals surface area (Å²) in [4.78, 5) is 6.11. The highest BCUT2D eigenvalue weighted by molar-refractivity contribution is 5.84. The molecule has 0 amide bonds. The van der Waals surface area contributed by atoms with Gasteiger partial charge < -0.3 is 9.55 Å². The first kappa shape index (κ1) is 11.8. The molecule has 3 heteroatoms. The second-order valence-corrected chi connectivity index (χ2v) is 5.70. The molecule has 0 spiro atoms. The van der Waals surface area contributed by atoms with E-state index in [9.17, 15) is 0 Å². The minimum Gasteiger partial charge on any atom is -0.357 e. The van der Waals surface area contributed by atoms with Gasteiger partial charge in [-0.2, -0.15) is 0 Å². The Kier molecular flexibility index (Phi) is 2.67. The van der Waals surface area contributed by atoms with Gasteiger partial charge in [0.25, 0.3) is 0 Å². The summed E-state index contributed by atoms with van der Waals surface area (Å²) in [6.45, 7) is 3.19. The highest BCUT2D eigenvalue weighted by atomic mass is 15.2. The van der Waals surface area contributed by atoms with E-state index in [0.29, 0.717) is 0 Å². The number of benzene rings is 1. The Morgan fingerprint density at radius 3 is 2.90 bits per heavy atom. The van der Waals surface area contributed by atoms with E-state index in [1.165, 1.54) is 27.9 Å². The quantitative estimate of drug-likeness (QED) is 0.756. The van der Waals surface area contributed by atoms with Crippen LogP contribution in [0.25, 0.3) is 10.9 Å². The van der Waals surface area contributed by atoms with Crippen LogP contribution >= 0.6 is 0 Å². The molecule has 0 bridgehead atoms. The molecule has 0 atom stereocenters. The number of hydrogen-bond acceptors (Lipinski definition) is 1. The topological polar surface area (TPSA) is 24.0 Å². The van der Waals surface area contributed by atoms with Gasteiger partial charge in [-0.25, -0.2) is 0 Å². The third-order valence-electron chi connectivity index (χ3n) is 4.40. The molecule has 3 nitrogen and oxygen atoms in total. The molecule has 1 aliphatic heterocycles. The number of aromatic nitrogens is 2. The van der Waals surface area contributed by atoms with E-state index in [2.05, 4.69) is 64.1 Å². The molecule has 0 saturated carbocycles. The van der Waals surface area contributed by atoms with E-state index in [0.717, 1.165) is 26.1 Å². The van der Waals surface area contributed by atoms with Crippen LogP contribution in [-0.4, -0.2) is 21.0 Å². The number of rotatable bonds is 2. The van der Waals surface area contributed by atoms with Gasteiger partial charge in [0.1, 0.15) is 0 Å². The van der Waals surface area contributed by atoms with Gasteiger partial charge in [0.15, 0.2) is 0 Å². The zero-order valence-electron chi connectivity index (χ0n) is 11.8. The lowest BCUT2D eigenvalue weighted by Crippen LogP contribution is -2.30. The SMILES string of the molecule is Cn1cccc1CN1CCc2c([nH]c3ccccc23)C1. The van der Waals surface area contributed by atoms with Gasteiger partial charge in [-0.3, -0.25) is 4.90 Å². The largest absolute Gasteiger partial charge is 0.357 e. The molecule has 20 heavy (non-hydrogen) atoms. The van der Waals surface area contributed by atoms with Crippen LogP contribution in [0.1, 0.15) is 17.0 Å². The number of fused-ring (bicyclic) bond motifs is 3. The van der Waals surface area contributed by atoms with Crippen molar-refractivity contribution in [1.29, 1.82) is 0 Å². The Balaban J connectivity index is 1.62. The first-order valence-electron chi connectivity index (χ1n) is 7.22. The van der Waals surface area contributed by atoms with Crippen molar-refractivity contribution >= 4 is 10.9 Å². The molecule has 0 saturated heterocycles. The van der Waals surface area contributed by atoms with Crippen molar-refractivity contribution in [3.05, 3.63) is 59.5 Å². The van der Waals surface area contributed by atoms with E-state index < -0.39 is 0 Å². The standard InChI is InChI=1S/C17H19N3/c1-19-9-4-5-13(19)11-20-10-8-15-14-6-2-3-7-16(14)18-17(15)12-20/h2-7,9,18H,8,10-12H2,1H3. The van der Waals surface area contributed by atoms with Crippen LogP contribution in [0.2, 0.25) is 0 Å². The molecule has 1 aliphatic rings. The maximum Gasteiger partial charge on any atom is 0.0459 e. The maximum absolute atomic E-state index is 3.59. The molecule has 0 radical (unpaired) electrons. The van der Waals surface area contributed by atoms with E-state index in [1.807, 2.05) is 0 Å². The molecule has 0 unspecified atom stereocenters. The Labute approximate surface area is 118 Å². The highest BCUT2D eigenvalue weighted by Gasteiger charge is 2.20. The number of para-hydroxylation sites is 1. The predicted octanol–water partition coefficient (Wildman–Crippen LogP) is 3.06. The molecular formula is C17H19N3. The predicted molar refractivity (Wildman–Crippen MR) is 81.5 cm³/mol. The lowest BCUT2D eigenvalue weighted by Gasteiger charge is -2.27. The number of H-pyrrole nitrogens is 1. The number of aryl methyl sites for hydroxylation is 1. The van der Waals surface area contributed by atoms with Gasteiger partial charge in [-0.05, 0) is 30.2 Å². The second kappa shape index (κ2) is 4.53. The second-order valence-electron chi connectivity index (χ2n) is 5.70. The van der Waals surface area contributed by atoms with Crippen LogP contribution in [0.5, 0.6) is 0 Å². The molecular weight excluding hydrogens is 246 g/mol. The molecule has 4 rings (SSSR count). The van der Waals surface area contributed by atoms with Crippen molar-refractivity contribution in [2.75, 3.05) is 6.54 Å². The van der Waals surface area contributed by atoms with Crippen molar-refractivity contribution in [1.82, 2.24) is 14.5 Å². The van der Waals surface area contributed by atoms with Crippen molar-refractivity contribution < 1.29 is 0 Å². The summed E-state index contributed by atoms with van der Waals surface area (Å²) in [7, 11) is 2.12. The molecule has 0 fully saturated rings. The molecule has 1 N–H and O–H groups in total. The van der Waals surface area contributed by atoms with Crippen molar-refractivity contribution in [3.8, 4) is 0 Å². The number of aromatic amines is 1. The van der Waals surface area contributed by atoms with Crippen LogP contribution in [0, 0.1) is 0 Å². The van der Waals surface area contributed by atoms with Crippen molar-refractivity contribution in [3.63, 3.8) is 0 Å². The smallest absolute Gasteiger partial charge is 0.0459 e. The fraction of sp³-hybridized carbons (Fsp3) is 0.294. The van der Waals surface area contributed by atoms with Gasteiger partial charge in [-0.1, -0.05) is 18.2 Å². The summed E-state index contributed by atoms with van der Waals surface area (Å²) in [5, 5.41) is 1.40. The summed E-state index contributed by atoms with van der Waals surface area (Å²) in [6, 6.07) is 13.0. The molecule has 3 aromatic rings. The van der Waals surface area contributed by atoms with Gasteiger partial charge in [-0.15, -0.1) is 0 Å². The summed E-state index contributed by atoms with van der Waals surface area (Å²) >= 11 is 0. The Bertz CT molecular complexity index is 751. The van der Waals surface area contributed by atoms with Crippen LogP contribution in [0.4, 0.5) is 0 Å². The first-order valence-corrected chi connectivity index (χ1v) is 7.22. The summed E-state index contributed by atoms with van der Waals surface area (Å²) in [5.41, 5.74) is 5.57. The monoisotopic (exact) mass is 265 g/mol. The average molecular weight is 265 g/mol. The van der Waals surface area contributed by atoms with Gasteiger partial charge in [0.2, 0.25) is 0 Å². The molecule has 3 heterocycles. The highest BCUT2D eigenvalue weighted by Crippen LogP contribution is 2.27. The molecule has 1 aromatic carbocycles. The van der Waals surface area contributed by atoms with E-state index in [4.69, 9.17) is 0 Å². The van der Waals surface area contributed by atoms with Crippen LogP contribution in [-0.2, 0) is 26.6 Å². The minimum atomic E-state index is 1.02. The maximum atomic E-state index is 3.59. The van der Waals surface area contributed by atoms with Crippen LogP contribution < -0.4 is 0 Å². The van der Waals surface area contributed by atoms with Gasteiger partial charge in [0.05, 0.1) is 0 Å². The fourth-order valence-corrected chi connectivity index (χ4v) is 3.27. The Hall–Kier alpha value is -2.00. The van der Waals surface area contributed by atoms with Gasteiger partial charge >= 0.3 is 0 Å². The first-order chi connectivity index (χ1) is 9.81. The Morgan fingerprint density at radius 1 is 1.15 bits per heavy atom. The number of nitrogens with one attached hydrogen (secondary N) is 1. The third kappa shape index (κ3) is 1.86. The average Bonchev–Trinajstić information content (AvgIpc) is 3.02. The lowest BCUT2D eigenvalue weighted by molar-refractivity contribution is 0.238. The normalized spacial score (nSPS) is 15.7. The van der Waals surface area contributed by atoms with Gasteiger partial charge in [0, 0.05) is 55.2 Å². The summed E-state index contributed by atoms with van der Waals surface area (Å²) < 4.78 is 2.21. The summed E-state index contributed by atoms with van der Waals surface area (Å²) in [6.07, 6.45) is 3.26. The van der Waals surface area contributed by atoms with E-state index in [1.54, 1.807) is 0 Å².